The average molecular weight is 273 g/mol. The number of carbonyl (C=O) groups is 1. The molecule has 0 aromatic heterocycles. The van der Waals surface area contributed by atoms with Crippen LogP contribution < -0.4 is 0 Å². The normalized spacial score (nSPS) is 22.4. The molecular weight excluding hydrogens is 250 g/mol. The number of amides is 1. The first-order valence-electron chi connectivity index (χ1n) is 7.52. The van der Waals surface area contributed by atoms with Gasteiger partial charge in [-0.15, -0.1) is 0 Å². The third-order valence-electron chi connectivity index (χ3n) is 4.42. The number of benzene rings is 1. The third kappa shape index (κ3) is 2.72. The van der Waals surface area contributed by atoms with Crippen LogP contribution in [0.1, 0.15) is 18.0 Å². The van der Waals surface area contributed by atoms with Crippen LogP contribution in [0, 0.1) is 0 Å². The van der Waals surface area contributed by atoms with Crippen molar-refractivity contribution in [3.05, 3.63) is 35.9 Å². The highest BCUT2D eigenvalue weighted by atomic mass is 16.2. The maximum Gasteiger partial charge on any atom is 0.244 e. The standard InChI is InChI=1S/C16H23N3O/c1-17-10-12-18(13-11-17)15(14-6-3-2-4-7-14)16(20)19-8-5-9-19/h2-4,6-7,15H,5,8-13H2,1H3. The molecule has 108 valence electrons. The van der Waals surface area contributed by atoms with Crippen LogP contribution in [0.15, 0.2) is 30.3 Å². The average Bonchev–Trinajstić information content (AvgIpc) is 2.41. The van der Waals surface area contributed by atoms with Crippen LogP contribution in [0.4, 0.5) is 0 Å². The number of piperazine rings is 1. The van der Waals surface area contributed by atoms with Gasteiger partial charge >= 0.3 is 0 Å². The zero-order chi connectivity index (χ0) is 13.9. The molecule has 0 radical (unpaired) electrons. The summed E-state index contributed by atoms with van der Waals surface area (Å²) in [4.78, 5) is 19.4. The molecule has 1 aromatic rings. The summed E-state index contributed by atoms with van der Waals surface area (Å²) in [6, 6.07) is 10.1. The summed E-state index contributed by atoms with van der Waals surface area (Å²) in [7, 11) is 2.14. The van der Waals surface area contributed by atoms with Crippen molar-refractivity contribution in [3.8, 4) is 0 Å². The molecule has 2 aliphatic heterocycles. The van der Waals surface area contributed by atoms with Gasteiger partial charge in [-0.25, -0.2) is 0 Å². The van der Waals surface area contributed by atoms with Gasteiger partial charge in [-0.1, -0.05) is 30.3 Å². The Morgan fingerprint density at radius 1 is 1.00 bits per heavy atom. The Hall–Kier alpha value is -1.39. The maximum atomic E-state index is 12.8. The summed E-state index contributed by atoms with van der Waals surface area (Å²) in [5.41, 5.74) is 1.13. The van der Waals surface area contributed by atoms with Crippen molar-refractivity contribution < 1.29 is 4.79 Å². The maximum absolute atomic E-state index is 12.8. The van der Waals surface area contributed by atoms with Gasteiger partial charge in [0.05, 0.1) is 0 Å². The Kier molecular flexibility index (Phi) is 4.03. The highest BCUT2D eigenvalue weighted by molar-refractivity contribution is 5.84. The Labute approximate surface area is 121 Å². The van der Waals surface area contributed by atoms with E-state index in [0.717, 1.165) is 51.3 Å². The summed E-state index contributed by atoms with van der Waals surface area (Å²) < 4.78 is 0. The van der Waals surface area contributed by atoms with E-state index in [2.05, 4.69) is 29.0 Å². The van der Waals surface area contributed by atoms with Gasteiger partial charge in [-0.05, 0) is 19.0 Å². The number of rotatable bonds is 3. The predicted octanol–water partition coefficient (Wildman–Crippen LogP) is 1.21. The summed E-state index contributed by atoms with van der Waals surface area (Å²) >= 11 is 0. The van der Waals surface area contributed by atoms with Gasteiger partial charge in [0, 0.05) is 39.3 Å². The number of nitrogens with zero attached hydrogens (tertiary/aromatic N) is 3. The van der Waals surface area contributed by atoms with Crippen LogP contribution in [0.2, 0.25) is 0 Å². The zero-order valence-corrected chi connectivity index (χ0v) is 12.2. The molecular formula is C16H23N3O. The summed E-state index contributed by atoms with van der Waals surface area (Å²) in [5, 5.41) is 0. The third-order valence-corrected chi connectivity index (χ3v) is 4.42. The zero-order valence-electron chi connectivity index (χ0n) is 12.2. The second-order valence-corrected chi connectivity index (χ2v) is 5.83. The second-order valence-electron chi connectivity index (χ2n) is 5.83. The van der Waals surface area contributed by atoms with Crippen molar-refractivity contribution in [1.82, 2.24) is 14.7 Å². The largest absolute Gasteiger partial charge is 0.341 e. The molecule has 0 saturated carbocycles. The molecule has 20 heavy (non-hydrogen) atoms. The Morgan fingerprint density at radius 2 is 1.65 bits per heavy atom. The Bertz CT molecular complexity index is 450. The van der Waals surface area contributed by atoms with E-state index in [1.807, 2.05) is 23.1 Å². The minimum atomic E-state index is -0.0924. The van der Waals surface area contributed by atoms with Crippen LogP contribution in [-0.4, -0.2) is 66.9 Å². The fourth-order valence-electron chi connectivity index (χ4n) is 2.93. The van der Waals surface area contributed by atoms with E-state index in [4.69, 9.17) is 0 Å². The number of hydrogen-bond donors (Lipinski definition) is 0. The minimum Gasteiger partial charge on any atom is -0.341 e. The van der Waals surface area contributed by atoms with E-state index >= 15 is 0 Å². The molecule has 0 N–H and O–H groups in total. The SMILES string of the molecule is CN1CCN(C(C(=O)N2CCC2)c2ccccc2)CC1. The van der Waals surface area contributed by atoms with E-state index in [9.17, 15) is 4.79 Å². The van der Waals surface area contributed by atoms with Crippen molar-refractivity contribution in [2.45, 2.75) is 12.5 Å². The van der Waals surface area contributed by atoms with E-state index in [0.29, 0.717) is 0 Å². The topological polar surface area (TPSA) is 26.8 Å². The minimum absolute atomic E-state index is 0.0924. The molecule has 2 fully saturated rings. The van der Waals surface area contributed by atoms with Crippen LogP contribution in [-0.2, 0) is 4.79 Å². The quantitative estimate of drug-likeness (QED) is 0.828. The van der Waals surface area contributed by atoms with E-state index in [1.165, 1.54) is 0 Å². The molecule has 2 heterocycles. The molecule has 0 aliphatic carbocycles. The number of hydrogen-bond acceptors (Lipinski definition) is 3. The Balaban J connectivity index is 1.81. The van der Waals surface area contributed by atoms with E-state index in [-0.39, 0.29) is 11.9 Å². The number of likely N-dealkylation sites (tertiary alicyclic amines) is 1. The molecule has 0 bridgehead atoms. The summed E-state index contributed by atoms with van der Waals surface area (Å²) in [5.74, 6) is 0.284. The molecule has 3 rings (SSSR count). The molecule has 0 spiro atoms. The van der Waals surface area contributed by atoms with Gasteiger partial charge in [0.1, 0.15) is 6.04 Å². The van der Waals surface area contributed by atoms with Crippen LogP contribution in [0.25, 0.3) is 0 Å². The predicted molar refractivity (Wildman–Crippen MR) is 79.5 cm³/mol. The van der Waals surface area contributed by atoms with Gasteiger partial charge < -0.3 is 9.80 Å². The first-order valence-corrected chi connectivity index (χ1v) is 7.52. The van der Waals surface area contributed by atoms with Crippen molar-refractivity contribution in [2.75, 3.05) is 46.3 Å². The van der Waals surface area contributed by atoms with Gasteiger partial charge in [-0.2, -0.15) is 0 Å². The van der Waals surface area contributed by atoms with E-state index in [1.54, 1.807) is 0 Å². The lowest BCUT2D eigenvalue weighted by atomic mass is 10.0. The first-order chi connectivity index (χ1) is 9.75. The van der Waals surface area contributed by atoms with Gasteiger partial charge in [-0.3, -0.25) is 9.69 Å². The molecule has 2 saturated heterocycles. The van der Waals surface area contributed by atoms with Gasteiger partial charge in [0.15, 0.2) is 0 Å². The molecule has 2 aliphatic rings. The molecule has 4 nitrogen and oxygen atoms in total. The fourth-order valence-corrected chi connectivity index (χ4v) is 2.93. The molecule has 1 atom stereocenters. The lowest BCUT2D eigenvalue weighted by Gasteiger charge is -2.41. The summed E-state index contributed by atoms with van der Waals surface area (Å²) in [6.45, 7) is 5.87. The van der Waals surface area contributed by atoms with Crippen molar-refractivity contribution in [2.24, 2.45) is 0 Å². The van der Waals surface area contributed by atoms with Crippen molar-refractivity contribution in [3.63, 3.8) is 0 Å². The van der Waals surface area contributed by atoms with Crippen LogP contribution in [0.5, 0.6) is 0 Å². The number of likely N-dealkylation sites (N-methyl/N-ethyl adjacent to an activating group) is 1. The lowest BCUT2D eigenvalue weighted by Crippen LogP contribution is -2.53. The lowest BCUT2D eigenvalue weighted by molar-refractivity contribution is -0.141. The van der Waals surface area contributed by atoms with Crippen molar-refractivity contribution in [1.29, 1.82) is 0 Å². The molecule has 1 amide bonds. The molecule has 1 unspecified atom stereocenters. The van der Waals surface area contributed by atoms with Crippen LogP contribution in [0.3, 0.4) is 0 Å². The monoisotopic (exact) mass is 273 g/mol. The smallest absolute Gasteiger partial charge is 0.244 e. The highest BCUT2D eigenvalue weighted by Gasteiger charge is 2.34. The van der Waals surface area contributed by atoms with Crippen molar-refractivity contribution >= 4 is 5.91 Å². The molecule has 4 heteroatoms. The first kappa shape index (κ1) is 13.6. The van der Waals surface area contributed by atoms with E-state index < -0.39 is 0 Å². The fraction of sp³-hybridized carbons (Fsp3) is 0.562. The Morgan fingerprint density at radius 3 is 2.20 bits per heavy atom. The van der Waals surface area contributed by atoms with Gasteiger partial charge in [0.2, 0.25) is 5.91 Å². The van der Waals surface area contributed by atoms with Crippen LogP contribution >= 0.6 is 0 Å². The second kappa shape index (κ2) is 5.94. The van der Waals surface area contributed by atoms with Gasteiger partial charge in [0.25, 0.3) is 0 Å². The molecule has 1 aromatic carbocycles. The number of carbonyl (C=O) groups excluding carboxylic acids is 1. The highest BCUT2D eigenvalue weighted by Crippen LogP contribution is 2.26. The summed E-state index contributed by atoms with van der Waals surface area (Å²) in [6.07, 6.45) is 1.15.